The van der Waals surface area contributed by atoms with Crippen molar-refractivity contribution in [2.24, 2.45) is 0 Å². The Labute approximate surface area is 121 Å². The molecule has 1 fully saturated rings. The summed E-state index contributed by atoms with van der Waals surface area (Å²) in [4.78, 5) is 20.7. The second kappa shape index (κ2) is 5.28. The third kappa shape index (κ3) is 2.56. The van der Waals surface area contributed by atoms with Gasteiger partial charge in [-0.25, -0.2) is 4.98 Å². The molecule has 2 aromatic rings. The van der Waals surface area contributed by atoms with Gasteiger partial charge in [0.2, 0.25) is 5.28 Å². The number of H-pyrrole nitrogens is 1. The molecule has 0 aliphatic carbocycles. The highest BCUT2D eigenvalue weighted by Crippen LogP contribution is 2.23. The van der Waals surface area contributed by atoms with Gasteiger partial charge < -0.3 is 9.88 Å². The fourth-order valence-electron chi connectivity index (χ4n) is 2.54. The first-order chi connectivity index (χ1) is 9.63. The molecule has 1 saturated heterocycles. The molecule has 6 nitrogen and oxygen atoms in total. The number of aryl methyl sites for hydroxylation is 1. The van der Waals surface area contributed by atoms with Crippen LogP contribution in [0.1, 0.15) is 34.9 Å². The summed E-state index contributed by atoms with van der Waals surface area (Å²) in [5.41, 5.74) is 1.61. The molecule has 0 atom stereocenters. The van der Waals surface area contributed by atoms with Crippen molar-refractivity contribution in [3.8, 4) is 0 Å². The van der Waals surface area contributed by atoms with Crippen molar-refractivity contribution in [2.45, 2.75) is 25.8 Å². The third-order valence-electron chi connectivity index (χ3n) is 3.63. The summed E-state index contributed by atoms with van der Waals surface area (Å²) < 4.78 is 2.00. The summed E-state index contributed by atoms with van der Waals surface area (Å²) in [6.07, 6.45) is 7.22. The highest BCUT2D eigenvalue weighted by atomic mass is 35.5. The number of aromatic nitrogens is 4. The average molecular weight is 294 g/mol. The van der Waals surface area contributed by atoms with Gasteiger partial charge in [0.1, 0.15) is 5.69 Å². The van der Waals surface area contributed by atoms with E-state index in [1.165, 1.54) is 6.20 Å². The minimum atomic E-state index is -0.0421. The molecule has 0 radical (unpaired) electrons. The van der Waals surface area contributed by atoms with Crippen LogP contribution in [0.2, 0.25) is 5.28 Å². The number of hydrogen-bond donors (Lipinski definition) is 1. The Morgan fingerprint density at radius 3 is 2.70 bits per heavy atom. The van der Waals surface area contributed by atoms with Crippen molar-refractivity contribution in [2.75, 3.05) is 13.1 Å². The minimum absolute atomic E-state index is 0.0421. The van der Waals surface area contributed by atoms with Crippen molar-refractivity contribution in [3.05, 3.63) is 35.1 Å². The second-order valence-corrected chi connectivity index (χ2v) is 5.47. The van der Waals surface area contributed by atoms with Crippen molar-refractivity contribution >= 4 is 17.5 Å². The molecule has 0 spiro atoms. The van der Waals surface area contributed by atoms with Gasteiger partial charge in [-0.05, 0) is 36.9 Å². The number of nitrogens with zero attached hydrogens (tertiary/aromatic N) is 4. The lowest BCUT2D eigenvalue weighted by atomic mass is 10.1. The Morgan fingerprint density at radius 1 is 1.40 bits per heavy atom. The topological polar surface area (TPSA) is 66.8 Å². The predicted octanol–water partition coefficient (Wildman–Crippen LogP) is 2.05. The third-order valence-corrected chi connectivity index (χ3v) is 3.82. The molecule has 0 unspecified atom stereocenters. The van der Waals surface area contributed by atoms with E-state index in [0.29, 0.717) is 11.7 Å². The van der Waals surface area contributed by atoms with Crippen LogP contribution < -0.4 is 0 Å². The summed E-state index contributed by atoms with van der Waals surface area (Å²) in [6.45, 7) is 3.47. The van der Waals surface area contributed by atoms with Crippen molar-refractivity contribution in [3.63, 3.8) is 0 Å². The number of imidazole rings is 1. The van der Waals surface area contributed by atoms with E-state index >= 15 is 0 Å². The first-order valence-corrected chi connectivity index (χ1v) is 7.02. The summed E-state index contributed by atoms with van der Waals surface area (Å²) in [5.74, 6) is -0.0421. The number of nitrogens with one attached hydrogen (secondary N) is 1. The zero-order valence-corrected chi connectivity index (χ0v) is 12.0. The normalized spacial score (nSPS) is 16.6. The number of aromatic amines is 1. The monoisotopic (exact) mass is 293 g/mol. The van der Waals surface area contributed by atoms with Crippen LogP contribution in [0.15, 0.2) is 18.6 Å². The van der Waals surface area contributed by atoms with Crippen LogP contribution in [0.25, 0.3) is 0 Å². The molecule has 2 aromatic heterocycles. The summed E-state index contributed by atoms with van der Waals surface area (Å²) >= 11 is 5.70. The van der Waals surface area contributed by atoms with E-state index in [1.807, 2.05) is 22.7 Å². The molecule has 20 heavy (non-hydrogen) atoms. The van der Waals surface area contributed by atoms with Gasteiger partial charge in [0.25, 0.3) is 5.91 Å². The molecule has 0 aromatic carbocycles. The number of rotatable bonds is 2. The number of likely N-dealkylation sites (tertiary alicyclic amines) is 1. The van der Waals surface area contributed by atoms with Gasteiger partial charge in [-0.2, -0.15) is 5.10 Å². The number of halogens is 1. The van der Waals surface area contributed by atoms with Crippen LogP contribution in [0.3, 0.4) is 0 Å². The number of hydrogen-bond acceptors (Lipinski definition) is 3. The van der Waals surface area contributed by atoms with E-state index in [9.17, 15) is 4.79 Å². The summed E-state index contributed by atoms with van der Waals surface area (Å²) in [5, 5.41) is 4.60. The van der Waals surface area contributed by atoms with Gasteiger partial charge >= 0.3 is 0 Å². The highest BCUT2D eigenvalue weighted by Gasteiger charge is 2.25. The zero-order valence-electron chi connectivity index (χ0n) is 11.2. The molecule has 3 rings (SSSR count). The zero-order chi connectivity index (χ0) is 14.1. The first-order valence-electron chi connectivity index (χ1n) is 6.64. The van der Waals surface area contributed by atoms with Crippen molar-refractivity contribution in [1.82, 2.24) is 24.6 Å². The molecule has 1 N–H and O–H groups in total. The summed E-state index contributed by atoms with van der Waals surface area (Å²) in [7, 11) is 0. The Morgan fingerprint density at radius 2 is 2.15 bits per heavy atom. The molecule has 0 bridgehead atoms. The second-order valence-electron chi connectivity index (χ2n) is 5.11. The molecule has 106 valence electrons. The Balaban J connectivity index is 1.62. The van der Waals surface area contributed by atoms with Crippen LogP contribution in [-0.4, -0.2) is 43.6 Å². The fourth-order valence-corrected chi connectivity index (χ4v) is 2.69. The van der Waals surface area contributed by atoms with Gasteiger partial charge in [0, 0.05) is 19.3 Å². The Bertz CT molecular complexity index is 612. The van der Waals surface area contributed by atoms with Gasteiger partial charge in [-0.1, -0.05) is 0 Å². The van der Waals surface area contributed by atoms with Gasteiger partial charge in [-0.3, -0.25) is 9.48 Å². The van der Waals surface area contributed by atoms with E-state index in [4.69, 9.17) is 11.6 Å². The molecule has 1 aliphatic rings. The van der Waals surface area contributed by atoms with Gasteiger partial charge in [0.15, 0.2) is 0 Å². The SMILES string of the molecule is Cc1cnn(C2CCN(C(=O)c3cnc(Cl)[nH]3)CC2)c1. The average Bonchev–Trinajstić information content (AvgIpc) is 3.07. The smallest absolute Gasteiger partial charge is 0.271 e. The number of amides is 1. The van der Waals surface area contributed by atoms with E-state index in [-0.39, 0.29) is 11.2 Å². The number of carbonyl (C=O) groups excluding carboxylic acids is 1. The largest absolute Gasteiger partial charge is 0.337 e. The first kappa shape index (κ1) is 13.2. The van der Waals surface area contributed by atoms with Crippen LogP contribution >= 0.6 is 11.6 Å². The molecule has 3 heterocycles. The van der Waals surface area contributed by atoms with E-state index in [2.05, 4.69) is 21.3 Å². The molecule has 0 saturated carbocycles. The van der Waals surface area contributed by atoms with Crippen molar-refractivity contribution < 1.29 is 4.79 Å². The fraction of sp³-hybridized carbons (Fsp3) is 0.462. The maximum atomic E-state index is 12.2. The predicted molar refractivity (Wildman–Crippen MR) is 74.7 cm³/mol. The number of piperidine rings is 1. The van der Waals surface area contributed by atoms with Crippen LogP contribution in [0.4, 0.5) is 0 Å². The molecular formula is C13H16ClN5O. The minimum Gasteiger partial charge on any atom is -0.337 e. The van der Waals surface area contributed by atoms with Crippen LogP contribution in [0, 0.1) is 6.92 Å². The standard InChI is InChI=1S/C13H16ClN5O/c1-9-6-16-19(8-9)10-2-4-18(5-3-10)12(20)11-7-15-13(14)17-11/h6-8,10H,2-5H2,1H3,(H,15,17). The lowest BCUT2D eigenvalue weighted by Gasteiger charge is -2.31. The molecule has 1 amide bonds. The van der Waals surface area contributed by atoms with E-state index in [0.717, 1.165) is 31.5 Å². The van der Waals surface area contributed by atoms with Crippen molar-refractivity contribution in [1.29, 1.82) is 0 Å². The maximum absolute atomic E-state index is 12.2. The Kier molecular flexibility index (Phi) is 3.48. The quantitative estimate of drug-likeness (QED) is 0.921. The maximum Gasteiger partial charge on any atom is 0.271 e. The Hall–Kier alpha value is -1.82. The number of carbonyl (C=O) groups is 1. The van der Waals surface area contributed by atoms with Crippen LogP contribution in [0.5, 0.6) is 0 Å². The lowest BCUT2D eigenvalue weighted by Crippen LogP contribution is -2.39. The molecule has 7 heteroatoms. The summed E-state index contributed by atoms with van der Waals surface area (Å²) in [6, 6.07) is 0.373. The van der Waals surface area contributed by atoms with Gasteiger partial charge in [-0.15, -0.1) is 0 Å². The lowest BCUT2D eigenvalue weighted by molar-refractivity contribution is 0.0684. The molecule has 1 aliphatic heterocycles. The van der Waals surface area contributed by atoms with E-state index in [1.54, 1.807) is 0 Å². The molecular weight excluding hydrogens is 278 g/mol. The van der Waals surface area contributed by atoms with E-state index < -0.39 is 0 Å². The highest BCUT2D eigenvalue weighted by molar-refractivity contribution is 6.28. The van der Waals surface area contributed by atoms with Gasteiger partial charge in [0.05, 0.1) is 18.4 Å². The van der Waals surface area contributed by atoms with Crippen LogP contribution in [-0.2, 0) is 0 Å².